The second-order valence-corrected chi connectivity index (χ2v) is 5.91. The molecule has 0 fully saturated rings. The SMILES string of the molecule is O=C(Oc1ccc(Cl)cc1N1C(=O)c2ccccc2C1=O)c1ccco1. The smallest absolute Gasteiger partial charge is 0.379 e. The van der Waals surface area contributed by atoms with Crippen LogP contribution >= 0.6 is 11.6 Å². The van der Waals surface area contributed by atoms with Gasteiger partial charge in [-0.25, -0.2) is 9.69 Å². The summed E-state index contributed by atoms with van der Waals surface area (Å²) in [5.74, 6) is -1.76. The van der Waals surface area contributed by atoms with Crippen LogP contribution in [-0.2, 0) is 0 Å². The first-order valence-corrected chi connectivity index (χ1v) is 7.97. The van der Waals surface area contributed by atoms with Crippen molar-refractivity contribution in [3.63, 3.8) is 0 Å². The molecule has 1 aliphatic rings. The highest BCUT2D eigenvalue weighted by Crippen LogP contribution is 2.37. The fraction of sp³-hybridized carbons (Fsp3) is 0. The predicted octanol–water partition coefficient (Wildman–Crippen LogP) is 3.95. The minimum Gasteiger partial charge on any atom is -0.457 e. The number of imide groups is 1. The average Bonchev–Trinajstić information content (AvgIpc) is 3.25. The summed E-state index contributed by atoms with van der Waals surface area (Å²) in [5.41, 5.74) is 0.644. The quantitative estimate of drug-likeness (QED) is 0.398. The Morgan fingerprint density at radius 3 is 2.27 bits per heavy atom. The van der Waals surface area contributed by atoms with E-state index in [1.807, 2.05) is 0 Å². The number of ether oxygens (including phenoxy) is 1. The van der Waals surface area contributed by atoms with E-state index in [0.717, 1.165) is 4.90 Å². The lowest BCUT2D eigenvalue weighted by Gasteiger charge is -2.17. The Kier molecular flexibility index (Phi) is 3.82. The molecular weight excluding hydrogens is 358 g/mol. The molecule has 0 N–H and O–H groups in total. The summed E-state index contributed by atoms with van der Waals surface area (Å²) < 4.78 is 10.3. The van der Waals surface area contributed by atoms with E-state index in [4.69, 9.17) is 20.8 Å². The van der Waals surface area contributed by atoms with E-state index in [1.54, 1.807) is 30.3 Å². The molecule has 2 amide bonds. The van der Waals surface area contributed by atoms with Crippen LogP contribution in [0.25, 0.3) is 0 Å². The number of carbonyl (C=O) groups is 3. The number of carbonyl (C=O) groups excluding carboxylic acids is 3. The van der Waals surface area contributed by atoms with Gasteiger partial charge in [-0.1, -0.05) is 23.7 Å². The lowest BCUT2D eigenvalue weighted by molar-refractivity contribution is 0.0699. The Balaban J connectivity index is 1.75. The van der Waals surface area contributed by atoms with Crippen molar-refractivity contribution in [3.8, 4) is 5.75 Å². The van der Waals surface area contributed by atoms with Gasteiger partial charge in [0.2, 0.25) is 5.76 Å². The van der Waals surface area contributed by atoms with E-state index < -0.39 is 17.8 Å². The van der Waals surface area contributed by atoms with Crippen molar-refractivity contribution in [2.45, 2.75) is 0 Å². The van der Waals surface area contributed by atoms with Crippen molar-refractivity contribution in [2.75, 3.05) is 4.90 Å². The van der Waals surface area contributed by atoms with E-state index in [9.17, 15) is 14.4 Å². The van der Waals surface area contributed by atoms with Gasteiger partial charge in [-0.3, -0.25) is 9.59 Å². The van der Waals surface area contributed by atoms with E-state index in [2.05, 4.69) is 0 Å². The lowest BCUT2D eigenvalue weighted by atomic mass is 10.1. The van der Waals surface area contributed by atoms with Crippen LogP contribution in [-0.4, -0.2) is 17.8 Å². The van der Waals surface area contributed by atoms with Crippen LogP contribution in [0.1, 0.15) is 31.3 Å². The molecule has 0 atom stereocenters. The van der Waals surface area contributed by atoms with Crippen molar-refractivity contribution >= 4 is 35.1 Å². The predicted molar refractivity (Wildman–Crippen MR) is 92.7 cm³/mol. The number of fused-ring (bicyclic) bond motifs is 1. The molecule has 128 valence electrons. The van der Waals surface area contributed by atoms with Gasteiger partial charge in [0, 0.05) is 5.02 Å². The summed E-state index contributed by atoms with van der Waals surface area (Å²) in [7, 11) is 0. The van der Waals surface area contributed by atoms with Crippen molar-refractivity contribution in [2.24, 2.45) is 0 Å². The number of furan rings is 1. The van der Waals surface area contributed by atoms with Gasteiger partial charge in [0.15, 0.2) is 5.75 Å². The average molecular weight is 368 g/mol. The molecular formula is C19H10ClNO5. The fourth-order valence-corrected chi connectivity index (χ4v) is 2.87. The molecule has 1 aromatic heterocycles. The number of hydrogen-bond acceptors (Lipinski definition) is 5. The largest absolute Gasteiger partial charge is 0.457 e. The Morgan fingerprint density at radius 1 is 0.962 bits per heavy atom. The first-order chi connectivity index (χ1) is 12.6. The molecule has 4 rings (SSSR count). The number of esters is 1. The molecule has 6 nitrogen and oxygen atoms in total. The molecule has 2 aromatic carbocycles. The Bertz CT molecular complexity index is 1010. The fourth-order valence-electron chi connectivity index (χ4n) is 2.70. The summed E-state index contributed by atoms with van der Waals surface area (Å²) in [6.45, 7) is 0. The first-order valence-electron chi connectivity index (χ1n) is 7.59. The summed E-state index contributed by atoms with van der Waals surface area (Å²) in [6, 6.07) is 13.8. The maximum atomic E-state index is 12.7. The molecule has 0 unspecified atom stereocenters. The molecule has 7 heteroatoms. The van der Waals surface area contributed by atoms with Crippen LogP contribution in [0.15, 0.2) is 65.3 Å². The highest BCUT2D eigenvalue weighted by atomic mass is 35.5. The van der Waals surface area contributed by atoms with Crippen molar-refractivity contribution in [1.82, 2.24) is 0 Å². The second kappa shape index (κ2) is 6.16. The standard InChI is InChI=1S/C19H10ClNO5/c20-11-7-8-15(26-19(24)16-6-3-9-25-16)14(10-11)21-17(22)12-4-1-2-5-13(12)18(21)23/h1-10H. The summed E-state index contributed by atoms with van der Waals surface area (Å²) in [5, 5.41) is 0.286. The maximum absolute atomic E-state index is 12.7. The zero-order valence-corrected chi connectivity index (χ0v) is 13.9. The van der Waals surface area contributed by atoms with Gasteiger partial charge in [-0.15, -0.1) is 0 Å². The number of hydrogen-bond donors (Lipinski definition) is 0. The molecule has 26 heavy (non-hydrogen) atoms. The highest BCUT2D eigenvalue weighted by Gasteiger charge is 2.38. The second-order valence-electron chi connectivity index (χ2n) is 5.47. The third kappa shape index (κ3) is 2.57. The van der Waals surface area contributed by atoms with Gasteiger partial charge < -0.3 is 9.15 Å². The van der Waals surface area contributed by atoms with E-state index in [1.165, 1.54) is 30.5 Å². The van der Waals surface area contributed by atoms with Crippen molar-refractivity contribution < 1.29 is 23.5 Å². The zero-order chi connectivity index (χ0) is 18.3. The van der Waals surface area contributed by atoms with Gasteiger partial charge >= 0.3 is 5.97 Å². The van der Waals surface area contributed by atoms with Crippen LogP contribution in [0, 0.1) is 0 Å². The maximum Gasteiger partial charge on any atom is 0.379 e. The summed E-state index contributed by atoms with van der Waals surface area (Å²) in [6.07, 6.45) is 1.34. The number of halogens is 1. The molecule has 0 saturated carbocycles. The molecule has 3 aromatic rings. The Hall–Kier alpha value is -3.38. The van der Waals surface area contributed by atoms with Gasteiger partial charge in [0.25, 0.3) is 11.8 Å². The molecule has 0 spiro atoms. The highest BCUT2D eigenvalue weighted by molar-refractivity contribution is 6.36. The van der Waals surface area contributed by atoms with E-state index in [-0.39, 0.29) is 33.3 Å². The van der Waals surface area contributed by atoms with Crippen LogP contribution < -0.4 is 9.64 Å². The monoisotopic (exact) mass is 367 g/mol. The molecule has 0 bridgehead atoms. The first kappa shape index (κ1) is 16.1. The van der Waals surface area contributed by atoms with Crippen LogP contribution in [0.2, 0.25) is 5.02 Å². The zero-order valence-electron chi connectivity index (χ0n) is 13.1. The topological polar surface area (TPSA) is 76.8 Å². The van der Waals surface area contributed by atoms with E-state index >= 15 is 0 Å². The number of rotatable bonds is 3. The lowest BCUT2D eigenvalue weighted by Crippen LogP contribution is -2.30. The van der Waals surface area contributed by atoms with Crippen LogP contribution in [0.5, 0.6) is 5.75 Å². The molecule has 2 heterocycles. The van der Waals surface area contributed by atoms with Crippen LogP contribution in [0.4, 0.5) is 5.69 Å². The van der Waals surface area contributed by atoms with Gasteiger partial charge in [-0.05, 0) is 42.5 Å². The van der Waals surface area contributed by atoms with E-state index in [0.29, 0.717) is 0 Å². The number of benzene rings is 2. The van der Waals surface area contributed by atoms with Crippen molar-refractivity contribution in [3.05, 3.63) is 82.8 Å². The summed E-state index contributed by atoms with van der Waals surface area (Å²) >= 11 is 6.03. The molecule has 0 saturated heterocycles. The van der Waals surface area contributed by atoms with Crippen molar-refractivity contribution in [1.29, 1.82) is 0 Å². The number of nitrogens with zero attached hydrogens (tertiary/aromatic N) is 1. The van der Waals surface area contributed by atoms with Gasteiger partial charge in [0.05, 0.1) is 23.1 Å². The normalized spacial score (nSPS) is 13.0. The Labute approximate surface area is 152 Å². The summed E-state index contributed by atoms with van der Waals surface area (Å²) in [4.78, 5) is 38.5. The van der Waals surface area contributed by atoms with Gasteiger partial charge in [-0.2, -0.15) is 0 Å². The van der Waals surface area contributed by atoms with Crippen LogP contribution in [0.3, 0.4) is 0 Å². The van der Waals surface area contributed by atoms with Gasteiger partial charge in [0.1, 0.15) is 0 Å². The third-order valence-corrected chi connectivity index (χ3v) is 4.12. The molecule has 1 aliphatic heterocycles. The minimum atomic E-state index is -0.754. The molecule has 0 aliphatic carbocycles. The minimum absolute atomic E-state index is 0.00624. The molecule has 0 radical (unpaired) electrons. The Morgan fingerprint density at radius 2 is 1.65 bits per heavy atom. The third-order valence-electron chi connectivity index (χ3n) is 3.88. The number of anilines is 1. The number of amides is 2.